The first kappa shape index (κ1) is 15.7. The first-order valence-corrected chi connectivity index (χ1v) is 8.72. The Morgan fingerprint density at radius 2 is 1.92 bits per heavy atom. The molecular weight excluding hydrogens is 323 g/mol. The van der Waals surface area contributed by atoms with E-state index in [4.69, 9.17) is 11.6 Å². The molecule has 3 aromatic rings. The predicted octanol–water partition coefficient (Wildman–Crippen LogP) is 4.66. The molecule has 0 saturated carbocycles. The lowest BCUT2D eigenvalue weighted by Gasteiger charge is -2.24. The Kier molecular flexibility index (Phi) is 4.07. The van der Waals surface area contributed by atoms with Crippen LogP contribution in [0.1, 0.15) is 16.8 Å². The molecular formula is C20H20ClFN2. The van der Waals surface area contributed by atoms with Gasteiger partial charge >= 0.3 is 0 Å². The SMILES string of the molecule is CN1CCc2c(c3cc(Cl)ccc3n2CCc2ccc(F)cc2)C1. The first-order valence-electron chi connectivity index (χ1n) is 8.34. The summed E-state index contributed by atoms with van der Waals surface area (Å²) in [6.07, 6.45) is 1.95. The topological polar surface area (TPSA) is 8.17 Å². The lowest BCUT2D eigenvalue weighted by atomic mass is 10.1. The smallest absolute Gasteiger partial charge is 0.123 e. The van der Waals surface area contributed by atoms with Crippen molar-refractivity contribution in [1.82, 2.24) is 9.47 Å². The average molecular weight is 343 g/mol. The van der Waals surface area contributed by atoms with Gasteiger partial charge in [0.25, 0.3) is 0 Å². The molecule has 2 aromatic carbocycles. The van der Waals surface area contributed by atoms with Gasteiger partial charge in [-0.15, -0.1) is 0 Å². The molecule has 0 aliphatic carbocycles. The van der Waals surface area contributed by atoms with Crippen LogP contribution in [-0.4, -0.2) is 23.1 Å². The van der Waals surface area contributed by atoms with Crippen LogP contribution in [0.15, 0.2) is 42.5 Å². The fourth-order valence-electron chi connectivity index (χ4n) is 3.70. The van der Waals surface area contributed by atoms with Crippen LogP contribution in [0.25, 0.3) is 10.9 Å². The van der Waals surface area contributed by atoms with E-state index in [-0.39, 0.29) is 5.82 Å². The van der Waals surface area contributed by atoms with Crippen LogP contribution in [0.3, 0.4) is 0 Å². The van der Waals surface area contributed by atoms with Crippen molar-refractivity contribution < 1.29 is 4.39 Å². The summed E-state index contributed by atoms with van der Waals surface area (Å²) in [4.78, 5) is 2.35. The molecule has 124 valence electrons. The molecule has 0 fully saturated rings. The number of aromatic nitrogens is 1. The van der Waals surface area contributed by atoms with Crippen molar-refractivity contribution in [3.05, 3.63) is 70.1 Å². The van der Waals surface area contributed by atoms with E-state index < -0.39 is 0 Å². The van der Waals surface area contributed by atoms with Crippen molar-refractivity contribution in [2.24, 2.45) is 0 Å². The molecule has 0 N–H and O–H groups in total. The maximum Gasteiger partial charge on any atom is 0.123 e. The van der Waals surface area contributed by atoms with Crippen molar-refractivity contribution >= 4 is 22.5 Å². The Bertz CT molecular complexity index is 883. The van der Waals surface area contributed by atoms with Crippen molar-refractivity contribution in [2.75, 3.05) is 13.6 Å². The second-order valence-electron chi connectivity index (χ2n) is 6.60. The minimum absolute atomic E-state index is 0.180. The zero-order valence-electron chi connectivity index (χ0n) is 13.7. The number of aryl methyl sites for hydroxylation is 2. The van der Waals surface area contributed by atoms with Crippen molar-refractivity contribution in [3.63, 3.8) is 0 Å². The van der Waals surface area contributed by atoms with Crippen LogP contribution in [0.4, 0.5) is 4.39 Å². The Balaban J connectivity index is 1.73. The zero-order chi connectivity index (χ0) is 16.7. The summed E-state index contributed by atoms with van der Waals surface area (Å²) in [7, 11) is 2.16. The molecule has 24 heavy (non-hydrogen) atoms. The first-order chi connectivity index (χ1) is 11.6. The number of fused-ring (bicyclic) bond motifs is 3. The number of likely N-dealkylation sites (N-methyl/N-ethyl adjacent to an activating group) is 1. The summed E-state index contributed by atoms with van der Waals surface area (Å²) >= 11 is 6.24. The van der Waals surface area contributed by atoms with E-state index in [1.165, 1.54) is 34.3 Å². The van der Waals surface area contributed by atoms with E-state index in [2.05, 4.69) is 28.6 Å². The summed E-state index contributed by atoms with van der Waals surface area (Å²) in [6, 6.07) is 13.0. The van der Waals surface area contributed by atoms with Gasteiger partial charge in [-0.1, -0.05) is 23.7 Å². The maximum atomic E-state index is 13.1. The number of benzene rings is 2. The molecule has 1 aliphatic heterocycles. The lowest BCUT2D eigenvalue weighted by molar-refractivity contribution is 0.309. The summed E-state index contributed by atoms with van der Waals surface area (Å²) in [5, 5.41) is 2.05. The molecule has 4 rings (SSSR count). The highest BCUT2D eigenvalue weighted by atomic mass is 35.5. The van der Waals surface area contributed by atoms with Crippen LogP contribution in [0, 0.1) is 5.82 Å². The second kappa shape index (κ2) is 6.23. The highest BCUT2D eigenvalue weighted by Crippen LogP contribution is 2.32. The Morgan fingerprint density at radius 1 is 1.12 bits per heavy atom. The third kappa shape index (κ3) is 2.83. The molecule has 2 nitrogen and oxygen atoms in total. The van der Waals surface area contributed by atoms with Crippen molar-refractivity contribution in [3.8, 4) is 0 Å². The van der Waals surface area contributed by atoms with Gasteiger partial charge in [0, 0.05) is 47.7 Å². The van der Waals surface area contributed by atoms with Crippen molar-refractivity contribution in [1.29, 1.82) is 0 Å². The third-order valence-electron chi connectivity index (χ3n) is 4.94. The van der Waals surface area contributed by atoms with Crippen LogP contribution < -0.4 is 0 Å². The predicted molar refractivity (Wildman–Crippen MR) is 97.1 cm³/mol. The molecule has 0 spiro atoms. The molecule has 1 aromatic heterocycles. The summed E-state index contributed by atoms with van der Waals surface area (Å²) < 4.78 is 15.5. The van der Waals surface area contributed by atoms with Gasteiger partial charge in [0.1, 0.15) is 5.82 Å². The number of rotatable bonds is 3. The lowest BCUT2D eigenvalue weighted by Crippen LogP contribution is -2.27. The molecule has 0 unspecified atom stereocenters. The number of nitrogens with zero attached hydrogens (tertiary/aromatic N) is 2. The van der Waals surface area contributed by atoms with Crippen LogP contribution >= 0.6 is 11.6 Å². The second-order valence-corrected chi connectivity index (χ2v) is 7.04. The fourth-order valence-corrected chi connectivity index (χ4v) is 3.88. The molecule has 0 amide bonds. The number of hydrogen-bond donors (Lipinski definition) is 0. The van der Waals surface area contributed by atoms with Crippen LogP contribution in [-0.2, 0) is 25.9 Å². The third-order valence-corrected chi connectivity index (χ3v) is 5.18. The molecule has 0 saturated heterocycles. The minimum atomic E-state index is -0.180. The summed E-state index contributed by atoms with van der Waals surface area (Å²) in [5.74, 6) is -0.180. The monoisotopic (exact) mass is 342 g/mol. The van der Waals surface area contributed by atoms with E-state index in [0.717, 1.165) is 43.1 Å². The summed E-state index contributed by atoms with van der Waals surface area (Å²) in [6.45, 7) is 2.95. The van der Waals surface area contributed by atoms with Gasteiger partial charge in [-0.25, -0.2) is 4.39 Å². The van der Waals surface area contributed by atoms with Gasteiger partial charge in [0.05, 0.1) is 0 Å². The number of hydrogen-bond acceptors (Lipinski definition) is 1. The molecule has 0 radical (unpaired) electrons. The molecule has 0 bridgehead atoms. The maximum absolute atomic E-state index is 13.1. The van der Waals surface area contributed by atoms with E-state index in [1.54, 1.807) is 0 Å². The quantitative estimate of drug-likeness (QED) is 0.671. The molecule has 1 aliphatic rings. The Hall–Kier alpha value is -1.84. The Morgan fingerprint density at radius 3 is 2.71 bits per heavy atom. The van der Waals surface area contributed by atoms with E-state index in [9.17, 15) is 4.39 Å². The van der Waals surface area contributed by atoms with E-state index >= 15 is 0 Å². The highest BCUT2D eigenvalue weighted by Gasteiger charge is 2.22. The van der Waals surface area contributed by atoms with Crippen molar-refractivity contribution in [2.45, 2.75) is 25.9 Å². The summed E-state index contributed by atoms with van der Waals surface area (Å²) in [5.41, 5.74) is 5.24. The van der Waals surface area contributed by atoms with Gasteiger partial charge in [-0.3, -0.25) is 0 Å². The average Bonchev–Trinajstić information content (AvgIpc) is 2.87. The van der Waals surface area contributed by atoms with Crippen LogP contribution in [0.5, 0.6) is 0 Å². The van der Waals surface area contributed by atoms with Crippen LogP contribution in [0.2, 0.25) is 5.02 Å². The van der Waals surface area contributed by atoms with E-state index in [1.807, 2.05) is 18.2 Å². The standard InChI is InChI=1S/C20H20ClFN2/c1-23-10-9-20-18(13-23)17-12-15(21)4-7-19(17)24(20)11-8-14-2-5-16(22)6-3-14/h2-7,12H,8-11,13H2,1H3. The van der Waals surface area contributed by atoms with Gasteiger partial charge in [-0.2, -0.15) is 0 Å². The van der Waals surface area contributed by atoms with Gasteiger partial charge < -0.3 is 9.47 Å². The molecule has 4 heteroatoms. The highest BCUT2D eigenvalue weighted by molar-refractivity contribution is 6.31. The van der Waals surface area contributed by atoms with Gasteiger partial charge in [-0.05, 0) is 54.9 Å². The molecule has 2 heterocycles. The minimum Gasteiger partial charge on any atom is -0.344 e. The fraction of sp³-hybridized carbons (Fsp3) is 0.300. The number of halogens is 2. The van der Waals surface area contributed by atoms with Gasteiger partial charge in [0.15, 0.2) is 0 Å². The van der Waals surface area contributed by atoms with E-state index in [0.29, 0.717) is 0 Å². The largest absolute Gasteiger partial charge is 0.344 e. The van der Waals surface area contributed by atoms with Gasteiger partial charge in [0.2, 0.25) is 0 Å². The Labute approximate surface area is 146 Å². The zero-order valence-corrected chi connectivity index (χ0v) is 14.5. The molecule has 0 atom stereocenters. The normalized spacial score (nSPS) is 15.0.